The summed E-state index contributed by atoms with van der Waals surface area (Å²) in [4.78, 5) is 37.6. The van der Waals surface area contributed by atoms with Crippen LogP contribution >= 0.6 is 0 Å². The number of likely N-dealkylation sites (N-methyl/N-ethyl adjacent to an activating group) is 1. The van der Waals surface area contributed by atoms with Crippen molar-refractivity contribution in [3.63, 3.8) is 0 Å². The Hall–Kier alpha value is -2.49. The Bertz CT molecular complexity index is 1490. The zero-order valence-corrected chi connectivity index (χ0v) is 57.3. The first-order valence-corrected chi connectivity index (χ1v) is 37.2. The summed E-state index contributed by atoms with van der Waals surface area (Å²) in [5.74, 6) is -1.97. The molecular weight excluding hydrogens is 1050 g/mol. The maximum atomic E-state index is 12.9. The summed E-state index contributed by atoms with van der Waals surface area (Å²) in [5, 5.41) is 9.74. The van der Waals surface area contributed by atoms with E-state index >= 15 is 0 Å². The Morgan fingerprint density at radius 2 is 0.635 bits per heavy atom. The summed E-state index contributed by atoms with van der Waals surface area (Å²) in [6.45, 7) is 4.94. The highest BCUT2D eigenvalue weighted by molar-refractivity contribution is 5.71. The topological polar surface area (TPSA) is 108 Å². The lowest BCUT2D eigenvalue weighted by atomic mass is 10.0. The normalized spacial score (nSPS) is 12.8. The molecule has 0 aliphatic carbocycles. The number of unbranched alkanes of at least 4 members (excludes halogenated alkanes) is 49. The molecule has 0 heterocycles. The molecule has 85 heavy (non-hydrogen) atoms. The molecule has 0 aliphatic heterocycles. The number of ether oxygens (including phenoxy) is 4. The van der Waals surface area contributed by atoms with Crippen LogP contribution in [0.25, 0.3) is 0 Å². The monoisotopic (exact) mass is 1200 g/mol. The summed E-state index contributed by atoms with van der Waals surface area (Å²) in [7, 11) is 5.99. The van der Waals surface area contributed by atoms with E-state index in [1.807, 2.05) is 21.1 Å². The number of esters is 2. The molecule has 500 valence electrons. The molecule has 9 nitrogen and oxygen atoms in total. The van der Waals surface area contributed by atoms with Gasteiger partial charge in [-0.05, 0) is 51.4 Å². The minimum Gasteiger partial charge on any atom is -0.477 e. The Balaban J connectivity index is 3.93. The van der Waals surface area contributed by atoms with Crippen LogP contribution in [0.4, 0.5) is 0 Å². The van der Waals surface area contributed by atoms with Crippen molar-refractivity contribution in [3.05, 3.63) is 36.5 Å². The van der Waals surface area contributed by atoms with Gasteiger partial charge in [0.25, 0.3) is 6.29 Å². The Morgan fingerprint density at radius 1 is 0.353 bits per heavy atom. The third-order valence-electron chi connectivity index (χ3n) is 16.9. The fourth-order valence-corrected chi connectivity index (χ4v) is 11.2. The van der Waals surface area contributed by atoms with Crippen molar-refractivity contribution in [3.8, 4) is 0 Å². The molecule has 0 rings (SSSR count). The molecule has 0 saturated carbocycles. The standard InChI is InChI=1S/C76H143NO8/c1-6-8-10-12-14-16-18-20-22-24-26-27-28-29-30-31-32-33-34-35-36-37-38-39-40-41-42-43-44-45-46-47-49-51-53-55-57-59-61-63-65-67-74(79)85-72(71-84-76(75(80)81)82-69-68-77(3,4)5)70-83-73(78)66-64-62-60-58-56-54-52-50-48-25-23-21-19-17-15-13-11-9-7-2/h18,20,24,26,28-29,72,76H,6-17,19,21-23,25,27,30-71H2,1-5H3/p+1/b20-18-,26-24-,29-28-. The summed E-state index contributed by atoms with van der Waals surface area (Å²) in [6, 6.07) is 0. The van der Waals surface area contributed by atoms with Crippen molar-refractivity contribution in [1.82, 2.24) is 0 Å². The highest BCUT2D eigenvalue weighted by Crippen LogP contribution is 2.19. The molecule has 0 aromatic heterocycles. The number of allylic oxidation sites excluding steroid dienone is 6. The SMILES string of the molecule is CCCCCCC/C=C\C/C=C\C/C=C\CCCCCCCCCCCCCCCCCCCCCCCCCCCCC(=O)OC(COC(=O)CCCCCCCCCCCCCCCCCCCCC)COC(OCC[N+](C)(C)C)C(=O)O. The van der Waals surface area contributed by atoms with Gasteiger partial charge in [-0.1, -0.05) is 346 Å². The van der Waals surface area contributed by atoms with Gasteiger partial charge < -0.3 is 28.5 Å². The lowest BCUT2D eigenvalue weighted by Crippen LogP contribution is -2.40. The molecule has 0 spiro atoms. The number of quaternary nitrogens is 1. The first kappa shape index (κ1) is 82.5. The van der Waals surface area contributed by atoms with E-state index in [-0.39, 0.29) is 38.2 Å². The molecule has 0 aliphatic rings. The quantitative estimate of drug-likeness (QED) is 0.0211. The minimum atomic E-state index is -1.51. The van der Waals surface area contributed by atoms with Crippen LogP contribution in [-0.4, -0.2) is 87.4 Å². The second kappa shape index (κ2) is 67.4. The third-order valence-corrected chi connectivity index (χ3v) is 16.9. The molecule has 1 N–H and O–H groups in total. The number of hydrogen-bond acceptors (Lipinski definition) is 7. The van der Waals surface area contributed by atoms with Gasteiger partial charge in [0.1, 0.15) is 13.2 Å². The summed E-state index contributed by atoms with van der Waals surface area (Å²) in [6.07, 6.45) is 82.9. The van der Waals surface area contributed by atoms with Crippen molar-refractivity contribution in [2.45, 2.75) is 386 Å². The molecule has 2 atom stereocenters. The van der Waals surface area contributed by atoms with Crippen LogP contribution < -0.4 is 0 Å². The van der Waals surface area contributed by atoms with Crippen LogP contribution in [0.2, 0.25) is 0 Å². The Kier molecular flexibility index (Phi) is 65.5. The second-order valence-corrected chi connectivity index (χ2v) is 26.6. The number of hydrogen-bond donors (Lipinski definition) is 1. The molecule has 2 unspecified atom stereocenters. The van der Waals surface area contributed by atoms with Gasteiger partial charge in [0.05, 0.1) is 34.4 Å². The van der Waals surface area contributed by atoms with Gasteiger partial charge in [0.2, 0.25) is 0 Å². The highest BCUT2D eigenvalue weighted by Gasteiger charge is 2.25. The number of rotatable bonds is 70. The van der Waals surface area contributed by atoms with Gasteiger partial charge in [-0.2, -0.15) is 0 Å². The van der Waals surface area contributed by atoms with E-state index in [9.17, 15) is 19.5 Å². The van der Waals surface area contributed by atoms with Gasteiger partial charge in [-0.25, -0.2) is 4.79 Å². The highest BCUT2D eigenvalue weighted by atomic mass is 16.7. The van der Waals surface area contributed by atoms with Crippen molar-refractivity contribution < 1.29 is 42.9 Å². The number of carboxylic acid groups (broad SMARTS) is 1. The number of carbonyl (C=O) groups is 3. The summed E-state index contributed by atoms with van der Waals surface area (Å²) in [5.41, 5.74) is 0. The van der Waals surface area contributed by atoms with Crippen LogP contribution in [0.15, 0.2) is 36.5 Å². The second-order valence-electron chi connectivity index (χ2n) is 26.6. The molecule has 9 heteroatoms. The van der Waals surface area contributed by atoms with E-state index < -0.39 is 18.4 Å². The van der Waals surface area contributed by atoms with Crippen LogP contribution in [0.3, 0.4) is 0 Å². The fourth-order valence-electron chi connectivity index (χ4n) is 11.2. The summed E-state index contributed by atoms with van der Waals surface area (Å²) < 4.78 is 23.0. The van der Waals surface area contributed by atoms with E-state index in [0.29, 0.717) is 17.4 Å². The van der Waals surface area contributed by atoms with Crippen LogP contribution in [-0.2, 0) is 33.3 Å². The lowest BCUT2D eigenvalue weighted by Gasteiger charge is -2.25. The molecule has 0 fully saturated rings. The van der Waals surface area contributed by atoms with Crippen molar-refractivity contribution in [2.75, 3.05) is 47.5 Å². The molecule has 0 aromatic rings. The molecular formula is C76H144NO8+. The van der Waals surface area contributed by atoms with E-state index in [4.69, 9.17) is 18.9 Å². The largest absolute Gasteiger partial charge is 0.477 e. The van der Waals surface area contributed by atoms with E-state index in [2.05, 4.69) is 50.3 Å². The van der Waals surface area contributed by atoms with Gasteiger partial charge in [-0.3, -0.25) is 9.59 Å². The van der Waals surface area contributed by atoms with Crippen LogP contribution in [0, 0.1) is 0 Å². The lowest BCUT2D eigenvalue weighted by molar-refractivity contribution is -0.870. The van der Waals surface area contributed by atoms with E-state index in [0.717, 1.165) is 51.4 Å². The van der Waals surface area contributed by atoms with Crippen LogP contribution in [0.5, 0.6) is 0 Å². The Morgan fingerprint density at radius 3 is 0.941 bits per heavy atom. The molecule has 0 radical (unpaired) electrons. The maximum Gasteiger partial charge on any atom is 0.361 e. The Labute approximate surface area is 528 Å². The van der Waals surface area contributed by atoms with Crippen molar-refractivity contribution in [1.29, 1.82) is 0 Å². The first-order chi connectivity index (χ1) is 41.6. The molecule has 0 bridgehead atoms. The zero-order valence-electron chi connectivity index (χ0n) is 57.3. The van der Waals surface area contributed by atoms with E-state index in [1.54, 1.807) is 0 Å². The summed E-state index contributed by atoms with van der Waals surface area (Å²) >= 11 is 0. The third kappa shape index (κ3) is 68.9. The minimum absolute atomic E-state index is 0.174. The first-order valence-electron chi connectivity index (χ1n) is 37.2. The maximum absolute atomic E-state index is 12.9. The van der Waals surface area contributed by atoms with Crippen LogP contribution in [0.1, 0.15) is 373 Å². The zero-order chi connectivity index (χ0) is 61.9. The van der Waals surface area contributed by atoms with Gasteiger partial charge >= 0.3 is 17.9 Å². The number of carbonyl (C=O) groups excluding carboxylic acids is 2. The average Bonchev–Trinajstić information content (AvgIpc) is 3.49. The fraction of sp³-hybridized carbons (Fsp3) is 0.882. The molecule has 0 aromatic carbocycles. The predicted molar refractivity (Wildman–Crippen MR) is 364 cm³/mol. The van der Waals surface area contributed by atoms with Gasteiger partial charge in [0, 0.05) is 12.8 Å². The molecule has 0 amide bonds. The predicted octanol–water partition coefficient (Wildman–Crippen LogP) is 23.1. The molecule has 0 saturated heterocycles. The van der Waals surface area contributed by atoms with Gasteiger partial charge in [-0.15, -0.1) is 0 Å². The van der Waals surface area contributed by atoms with Crippen molar-refractivity contribution in [2.24, 2.45) is 0 Å². The number of nitrogens with zero attached hydrogens (tertiary/aromatic N) is 1. The number of carboxylic acids is 1. The smallest absolute Gasteiger partial charge is 0.361 e. The number of aliphatic carboxylic acids is 1. The van der Waals surface area contributed by atoms with Gasteiger partial charge in [0.15, 0.2) is 6.10 Å². The average molecular weight is 1200 g/mol. The van der Waals surface area contributed by atoms with Crippen molar-refractivity contribution >= 4 is 17.9 Å². The van der Waals surface area contributed by atoms with E-state index in [1.165, 1.54) is 295 Å².